The number of ether oxygens (including phenoxy) is 1. The fraction of sp³-hybridized carbons (Fsp3) is 0.483. The molecule has 3 N–H and O–H groups in total. The molecule has 1 aliphatic rings. The van der Waals surface area contributed by atoms with Gasteiger partial charge in [0.2, 0.25) is 0 Å². The Balaban J connectivity index is 1.38. The molecule has 0 saturated carbocycles. The highest BCUT2D eigenvalue weighted by molar-refractivity contribution is 5.88. The van der Waals surface area contributed by atoms with Gasteiger partial charge in [-0.25, -0.2) is 13.2 Å². The van der Waals surface area contributed by atoms with Gasteiger partial charge in [0.15, 0.2) is 11.6 Å². The summed E-state index contributed by atoms with van der Waals surface area (Å²) >= 11 is 0. The summed E-state index contributed by atoms with van der Waals surface area (Å²) in [6, 6.07) is 7.08. The maximum atomic E-state index is 13.9. The number of piperidine rings is 1. The van der Waals surface area contributed by atoms with Crippen LogP contribution in [0.1, 0.15) is 37.4 Å². The van der Waals surface area contributed by atoms with E-state index in [1.54, 1.807) is 13.3 Å². The molecule has 1 saturated heterocycles. The van der Waals surface area contributed by atoms with Gasteiger partial charge in [-0.2, -0.15) is 0 Å². The summed E-state index contributed by atoms with van der Waals surface area (Å²) in [4.78, 5) is 8.66. The van der Waals surface area contributed by atoms with Gasteiger partial charge in [0.1, 0.15) is 11.6 Å². The minimum absolute atomic E-state index is 0.0189. The number of rotatable bonds is 11. The molecule has 1 atom stereocenters. The van der Waals surface area contributed by atoms with Gasteiger partial charge in [0.25, 0.3) is 0 Å². The van der Waals surface area contributed by atoms with Crippen molar-refractivity contribution < 1.29 is 28.1 Å². The molecule has 0 spiro atoms. The molecule has 0 radical (unpaired) electrons. The molecule has 3 aromatic rings. The van der Waals surface area contributed by atoms with Crippen molar-refractivity contribution in [2.75, 3.05) is 64.2 Å². The molecule has 1 fully saturated rings. The molecule has 1 aromatic heterocycles. The van der Waals surface area contributed by atoms with E-state index in [0.717, 1.165) is 54.2 Å². The lowest BCUT2D eigenvalue weighted by molar-refractivity contribution is 0.0248. The summed E-state index contributed by atoms with van der Waals surface area (Å²) < 4.78 is 46.1. The van der Waals surface area contributed by atoms with Crippen LogP contribution in [0.5, 0.6) is 5.75 Å². The average molecular weight is 547 g/mol. The SMILES string of the molecule is COc1ccc2ncc(N(C)C)c(C(O)CCC3(CO)CCN(CCNc4cc(F)cc(F)c4F)CC3)c2c1. The zero-order valence-electron chi connectivity index (χ0n) is 22.7. The first kappa shape index (κ1) is 28.9. The van der Waals surface area contributed by atoms with Crippen LogP contribution < -0.4 is 15.0 Å². The largest absolute Gasteiger partial charge is 0.497 e. The number of aromatic nitrogens is 1. The zero-order valence-corrected chi connectivity index (χ0v) is 22.7. The second kappa shape index (κ2) is 12.4. The van der Waals surface area contributed by atoms with Gasteiger partial charge >= 0.3 is 0 Å². The van der Waals surface area contributed by atoms with Crippen LogP contribution in [0, 0.1) is 22.9 Å². The maximum Gasteiger partial charge on any atom is 0.182 e. The minimum atomic E-state index is -1.22. The van der Waals surface area contributed by atoms with Crippen LogP contribution in [-0.4, -0.2) is 74.1 Å². The summed E-state index contributed by atoms with van der Waals surface area (Å²) in [5.41, 5.74) is 1.89. The van der Waals surface area contributed by atoms with Crippen LogP contribution in [0.2, 0.25) is 0 Å². The molecule has 10 heteroatoms. The van der Waals surface area contributed by atoms with Gasteiger partial charge in [-0.05, 0) is 62.4 Å². The standard InChI is InChI=1S/C29H37F3N4O3/c1-35(2)25-17-34-23-5-4-20(39-3)16-21(23)27(25)26(38)6-7-29(18-37)8-11-36(12-9-29)13-10-33-24-15-19(30)14-22(31)28(24)32/h4-5,14-17,26,33,37-38H,6-13,18H2,1-3H3. The molecular weight excluding hydrogens is 509 g/mol. The van der Waals surface area contributed by atoms with Crippen molar-refractivity contribution in [2.24, 2.45) is 5.41 Å². The molecule has 1 aliphatic heterocycles. The summed E-state index contributed by atoms with van der Waals surface area (Å²) in [6.45, 7) is 2.35. The number of benzene rings is 2. The number of halogens is 3. The molecule has 1 unspecified atom stereocenters. The van der Waals surface area contributed by atoms with Crippen molar-refractivity contribution >= 4 is 22.3 Å². The smallest absolute Gasteiger partial charge is 0.182 e. The molecular formula is C29H37F3N4O3. The molecule has 39 heavy (non-hydrogen) atoms. The van der Waals surface area contributed by atoms with Crippen molar-refractivity contribution in [3.63, 3.8) is 0 Å². The van der Waals surface area contributed by atoms with Gasteiger partial charge in [0, 0.05) is 56.9 Å². The number of pyridine rings is 1. The van der Waals surface area contributed by atoms with Crippen LogP contribution in [0.25, 0.3) is 10.9 Å². The molecule has 2 aromatic carbocycles. The van der Waals surface area contributed by atoms with E-state index in [4.69, 9.17) is 4.74 Å². The fourth-order valence-corrected chi connectivity index (χ4v) is 5.37. The first-order valence-corrected chi connectivity index (χ1v) is 13.2. The highest BCUT2D eigenvalue weighted by Crippen LogP contribution is 2.41. The first-order chi connectivity index (χ1) is 18.7. The Kier molecular flexibility index (Phi) is 9.19. The van der Waals surface area contributed by atoms with Crippen molar-refractivity contribution in [2.45, 2.75) is 31.8 Å². The van der Waals surface area contributed by atoms with Gasteiger partial charge in [-0.1, -0.05) is 0 Å². The van der Waals surface area contributed by atoms with E-state index in [1.807, 2.05) is 37.2 Å². The number of fused-ring (bicyclic) bond motifs is 1. The third-order valence-corrected chi connectivity index (χ3v) is 7.85. The number of aliphatic hydroxyl groups is 2. The fourth-order valence-electron chi connectivity index (χ4n) is 5.37. The van der Waals surface area contributed by atoms with Crippen LogP contribution in [0.4, 0.5) is 24.5 Å². The number of aliphatic hydroxyl groups excluding tert-OH is 2. The van der Waals surface area contributed by atoms with Crippen LogP contribution in [0.3, 0.4) is 0 Å². The number of methoxy groups -OCH3 is 1. The van der Waals surface area contributed by atoms with E-state index >= 15 is 0 Å². The average Bonchev–Trinajstić information content (AvgIpc) is 2.94. The molecule has 2 heterocycles. The summed E-state index contributed by atoms with van der Waals surface area (Å²) in [5.74, 6) is -2.46. The molecule has 7 nitrogen and oxygen atoms in total. The molecule has 4 rings (SSSR count). The summed E-state index contributed by atoms with van der Waals surface area (Å²) in [7, 11) is 5.43. The maximum absolute atomic E-state index is 13.9. The van der Waals surface area contributed by atoms with Crippen LogP contribution >= 0.6 is 0 Å². The number of nitrogens with zero attached hydrogens (tertiary/aromatic N) is 3. The molecule has 212 valence electrons. The summed E-state index contributed by atoms with van der Waals surface area (Å²) in [5, 5.41) is 25.4. The van der Waals surface area contributed by atoms with Gasteiger partial charge in [-0.15, -0.1) is 0 Å². The predicted octanol–water partition coefficient (Wildman–Crippen LogP) is 4.73. The number of anilines is 2. The van der Waals surface area contributed by atoms with E-state index in [0.29, 0.717) is 37.7 Å². The molecule has 0 aliphatic carbocycles. The highest BCUT2D eigenvalue weighted by atomic mass is 19.2. The van der Waals surface area contributed by atoms with Crippen molar-refractivity contribution in [1.29, 1.82) is 0 Å². The van der Waals surface area contributed by atoms with Crippen LogP contribution in [-0.2, 0) is 0 Å². The molecule has 0 bridgehead atoms. The third-order valence-electron chi connectivity index (χ3n) is 7.85. The zero-order chi connectivity index (χ0) is 28.2. The monoisotopic (exact) mass is 546 g/mol. The Hall–Kier alpha value is -3.08. The number of nitrogens with one attached hydrogen (secondary N) is 1. The Labute approximate surface area is 227 Å². The van der Waals surface area contributed by atoms with Crippen molar-refractivity contribution in [3.05, 3.63) is 59.5 Å². The second-order valence-corrected chi connectivity index (χ2v) is 10.6. The summed E-state index contributed by atoms with van der Waals surface area (Å²) in [6.07, 6.45) is 3.61. The van der Waals surface area contributed by atoms with E-state index in [-0.39, 0.29) is 17.7 Å². The topological polar surface area (TPSA) is 81.1 Å². The second-order valence-electron chi connectivity index (χ2n) is 10.6. The van der Waals surface area contributed by atoms with Crippen molar-refractivity contribution in [3.8, 4) is 5.75 Å². The predicted molar refractivity (Wildman–Crippen MR) is 147 cm³/mol. The number of hydrogen-bond donors (Lipinski definition) is 3. The Morgan fingerprint density at radius 3 is 2.56 bits per heavy atom. The Morgan fingerprint density at radius 2 is 1.90 bits per heavy atom. The van der Waals surface area contributed by atoms with Gasteiger partial charge in [0.05, 0.1) is 36.3 Å². The van der Waals surface area contributed by atoms with E-state index in [2.05, 4.69) is 15.2 Å². The van der Waals surface area contributed by atoms with Gasteiger partial charge in [-0.3, -0.25) is 4.98 Å². The lowest BCUT2D eigenvalue weighted by Gasteiger charge is -2.41. The van der Waals surface area contributed by atoms with E-state index in [1.165, 1.54) is 0 Å². The third kappa shape index (κ3) is 6.57. The van der Waals surface area contributed by atoms with Crippen LogP contribution in [0.15, 0.2) is 36.5 Å². The number of likely N-dealkylation sites (tertiary alicyclic amines) is 1. The normalized spacial score (nSPS) is 16.3. The quantitative estimate of drug-likeness (QED) is 0.300. The Morgan fingerprint density at radius 1 is 1.15 bits per heavy atom. The number of hydrogen-bond acceptors (Lipinski definition) is 7. The van der Waals surface area contributed by atoms with E-state index in [9.17, 15) is 23.4 Å². The Bertz CT molecular complexity index is 1280. The molecule has 0 amide bonds. The minimum Gasteiger partial charge on any atom is -0.497 e. The lowest BCUT2D eigenvalue weighted by Crippen LogP contribution is -2.43. The highest BCUT2D eigenvalue weighted by Gasteiger charge is 2.35. The first-order valence-electron chi connectivity index (χ1n) is 13.2. The lowest BCUT2D eigenvalue weighted by atomic mass is 9.74. The van der Waals surface area contributed by atoms with Gasteiger partial charge < -0.3 is 30.1 Å². The van der Waals surface area contributed by atoms with Crippen molar-refractivity contribution in [1.82, 2.24) is 9.88 Å². The van der Waals surface area contributed by atoms with E-state index < -0.39 is 23.6 Å².